The van der Waals surface area contributed by atoms with Crippen molar-refractivity contribution in [1.82, 2.24) is 15.5 Å². The maximum absolute atomic E-state index is 5.47. The first-order valence-corrected chi connectivity index (χ1v) is 11.0. The molecule has 0 aliphatic carbocycles. The first kappa shape index (κ1) is 24.4. The molecule has 174 valence electrons. The fourth-order valence-electron chi connectivity index (χ4n) is 4.17. The number of fused-ring (bicyclic) bond motifs is 1. The largest absolute Gasteiger partial charge is 0.497 e. The van der Waals surface area contributed by atoms with Crippen LogP contribution in [0.4, 0.5) is 0 Å². The van der Waals surface area contributed by atoms with Crippen molar-refractivity contribution in [2.45, 2.75) is 25.3 Å². The summed E-state index contributed by atoms with van der Waals surface area (Å²) in [6.07, 6.45) is 3.40. The average Bonchev–Trinajstić information content (AvgIpc) is 3.50. The van der Waals surface area contributed by atoms with Crippen LogP contribution in [0, 0.1) is 0 Å². The zero-order chi connectivity index (χ0) is 21.5. The molecule has 0 spiro atoms. The fraction of sp³-hybridized carbons (Fsp3) is 0.458. The van der Waals surface area contributed by atoms with Gasteiger partial charge in [-0.05, 0) is 67.7 Å². The molecule has 2 aromatic carbocycles. The highest BCUT2D eigenvalue weighted by Crippen LogP contribution is 2.32. The summed E-state index contributed by atoms with van der Waals surface area (Å²) in [5.74, 6) is 3.35. The molecule has 2 aliphatic rings. The van der Waals surface area contributed by atoms with Crippen LogP contribution < -0.4 is 24.8 Å². The number of nitrogens with zero attached hydrogens (tertiary/aromatic N) is 2. The van der Waals surface area contributed by atoms with Crippen molar-refractivity contribution in [3.05, 3.63) is 53.6 Å². The predicted molar refractivity (Wildman–Crippen MR) is 138 cm³/mol. The van der Waals surface area contributed by atoms with Gasteiger partial charge in [-0.3, -0.25) is 9.89 Å². The summed E-state index contributed by atoms with van der Waals surface area (Å²) in [6.45, 7) is 4.16. The topological polar surface area (TPSA) is 67.4 Å². The van der Waals surface area contributed by atoms with Gasteiger partial charge in [0.05, 0.1) is 13.2 Å². The molecule has 2 heterocycles. The normalized spacial score (nSPS) is 16.4. The lowest BCUT2D eigenvalue weighted by atomic mass is 10.1. The molecule has 0 saturated carbocycles. The van der Waals surface area contributed by atoms with Gasteiger partial charge in [0, 0.05) is 20.1 Å². The van der Waals surface area contributed by atoms with Crippen LogP contribution in [0.2, 0.25) is 0 Å². The second-order valence-corrected chi connectivity index (χ2v) is 7.85. The van der Waals surface area contributed by atoms with Crippen molar-refractivity contribution < 1.29 is 14.2 Å². The third-order valence-corrected chi connectivity index (χ3v) is 5.91. The molecule has 4 rings (SSSR count). The lowest BCUT2D eigenvalue weighted by molar-refractivity contribution is 0.174. The molecule has 2 N–H and O–H groups in total. The number of likely N-dealkylation sites (tertiary alicyclic amines) is 1. The number of hydrogen-bond donors (Lipinski definition) is 2. The molecule has 1 saturated heterocycles. The predicted octanol–water partition coefficient (Wildman–Crippen LogP) is 3.59. The van der Waals surface area contributed by atoms with Crippen molar-refractivity contribution in [3.8, 4) is 17.2 Å². The molecule has 7 nitrogen and oxygen atoms in total. The first-order chi connectivity index (χ1) is 15.3. The standard InChI is InChI=1S/C24H32N4O3.HI/c1-25-24(26-12-11-18-5-10-22-23(15-18)31-17-30-22)27-16-21(28-13-3-4-14-28)19-6-8-20(29-2)9-7-19;/h5-10,15,21H,3-4,11-14,16-17H2,1-2H3,(H2,25,26,27);1H. The average molecular weight is 552 g/mol. The van der Waals surface area contributed by atoms with Crippen LogP contribution in [0.5, 0.6) is 17.2 Å². The van der Waals surface area contributed by atoms with Gasteiger partial charge in [-0.2, -0.15) is 0 Å². The lowest BCUT2D eigenvalue weighted by Crippen LogP contribution is -2.43. The number of guanidine groups is 1. The molecule has 2 aliphatic heterocycles. The highest BCUT2D eigenvalue weighted by molar-refractivity contribution is 14.0. The van der Waals surface area contributed by atoms with Gasteiger partial charge in [0.1, 0.15) is 5.75 Å². The van der Waals surface area contributed by atoms with E-state index in [1.54, 1.807) is 7.11 Å². The van der Waals surface area contributed by atoms with E-state index < -0.39 is 0 Å². The van der Waals surface area contributed by atoms with Crippen LogP contribution in [0.25, 0.3) is 0 Å². The molecule has 1 unspecified atom stereocenters. The summed E-state index contributed by atoms with van der Waals surface area (Å²) < 4.78 is 16.2. The van der Waals surface area contributed by atoms with Crippen molar-refractivity contribution >= 4 is 29.9 Å². The Morgan fingerprint density at radius 3 is 2.53 bits per heavy atom. The highest BCUT2D eigenvalue weighted by Gasteiger charge is 2.23. The van der Waals surface area contributed by atoms with Crippen LogP contribution in [-0.4, -0.2) is 58.0 Å². The second-order valence-electron chi connectivity index (χ2n) is 7.85. The Kier molecular flexibility index (Phi) is 9.28. The van der Waals surface area contributed by atoms with E-state index in [2.05, 4.69) is 38.7 Å². The summed E-state index contributed by atoms with van der Waals surface area (Å²) >= 11 is 0. The van der Waals surface area contributed by atoms with Gasteiger partial charge in [-0.25, -0.2) is 0 Å². The quantitative estimate of drug-likeness (QED) is 0.297. The minimum Gasteiger partial charge on any atom is -0.497 e. The smallest absolute Gasteiger partial charge is 0.231 e. The van der Waals surface area contributed by atoms with Crippen molar-refractivity contribution in [2.75, 3.05) is 47.1 Å². The van der Waals surface area contributed by atoms with Gasteiger partial charge in [0.15, 0.2) is 17.5 Å². The lowest BCUT2D eigenvalue weighted by Gasteiger charge is -2.29. The number of halogens is 1. The van der Waals surface area contributed by atoms with E-state index in [1.165, 1.54) is 24.0 Å². The zero-order valence-corrected chi connectivity index (χ0v) is 21.1. The van der Waals surface area contributed by atoms with E-state index in [9.17, 15) is 0 Å². The second kappa shape index (κ2) is 12.2. The molecule has 0 bridgehead atoms. The molecule has 1 atom stereocenters. The van der Waals surface area contributed by atoms with Gasteiger partial charge < -0.3 is 24.8 Å². The maximum atomic E-state index is 5.47. The summed E-state index contributed by atoms with van der Waals surface area (Å²) in [5, 5.41) is 6.95. The molecule has 0 amide bonds. The minimum absolute atomic E-state index is 0. The summed E-state index contributed by atoms with van der Waals surface area (Å²) in [4.78, 5) is 6.96. The Morgan fingerprint density at radius 2 is 1.81 bits per heavy atom. The maximum Gasteiger partial charge on any atom is 0.231 e. The van der Waals surface area contributed by atoms with Gasteiger partial charge in [-0.15, -0.1) is 24.0 Å². The van der Waals surface area contributed by atoms with E-state index in [0.29, 0.717) is 12.8 Å². The monoisotopic (exact) mass is 552 g/mol. The summed E-state index contributed by atoms with van der Waals surface area (Å²) in [6, 6.07) is 14.8. The molecular weight excluding hydrogens is 519 g/mol. The molecular formula is C24H33IN4O3. The molecule has 0 radical (unpaired) electrons. The zero-order valence-electron chi connectivity index (χ0n) is 18.8. The number of methoxy groups -OCH3 is 1. The number of aliphatic imine (C=N–C) groups is 1. The number of hydrogen-bond acceptors (Lipinski definition) is 5. The van der Waals surface area contributed by atoms with Crippen LogP contribution in [0.1, 0.15) is 30.0 Å². The highest BCUT2D eigenvalue weighted by atomic mass is 127. The Morgan fingerprint density at radius 1 is 1.06 bits per heavy atom. The van der Waals surface area contributed by atoms with Gasteiger partial charge >= 0.3 is 0 Å². The van der Waals surface area contributed by atoms with Crippen molar-refractivity contribution in [3.63, 3.8) is 0 Å². The number of benzene rings is 2. The van der Waals surface area contributed by atoms with E-state index in [1.807, 2.05) is 31.3 Å². The van der Waals surface area contributed by atoms with E-state index in [4.69, 9.17) is 14.2 Å². The summed E-state index contributed by atoms with van der Waals surface area (Å²) in [7, 11) is 3.52. The Hall–Kier alpha value is -2.20. The van der Waals surface area contributed by atoms with Crippen LogP contribution in [0.3, 0.4) is 0 Å². The summed E-state index contributed by atoms with van der Waals surface area (Å²) in [5.41, 5.74) is 2.51. The number of nitrogens with one attached hydrogen (secondary N) is 2. The Bertz CT molecular complexity index is 885. The fourth-order valence-corrected chi connectivity index (χ4v) is 4.17. The number of rotatable bonds is 8. The SMILES string of the molecule is CN=C(NCCc1ccc2c(c1)OCO2)NCC(c1ccc(OC)cc1)N1CCCC1.I. The third kappa shape index (κ3) is 6.19. The molecule has 2 aromatic rings. The van der Waals surface area contributed by atoms with E-state index in [-0.39, 0.29) is 24.0 Å². The molecule has 0 aromatic heterocycles. The molecule has 8 heteroatoms. The van der Waals surface area contributed by atoms with E-state index in [0.717, 1.165) is 55.8 Å². The minimum atomic E-state index is 0. The van der Waals surface area contributed by atoms with Crippen LogP contribution >= 0.6 is 24.0 Å². The van der Waals surface area contributed by atoms with Crippen LogP contribution in [0.15, 0.2) is 47.5 Å². The third-order valence-electron chi connectivity index (χ3n) is 5.91. The van der Waals surface area contributed by atoms with Gasteiger partial charge in [-0.1, -0.05) is 18.2 Å². The number of ether oxygens (including phenoxy) is 3. The van der Waals surface area contributed by atoms with Crippen LogP contribution in [-0.2, 0) is 6.42 Å². The Labute approximate surface area is 207 Å². The van der Waals surface area contributed by atoms with Gasteiger partial charge in [0.25, 0.3) is 0 Å². The van der Waals surface area contributed by atoms with E-state index >= 15 is 0 Å². The first-order valence-electron chi connectivity index (χ1n) is 11.0. The van der Waals surface area contributed by atoms with Crippen molar-refractivity contribution in [1.29, 1.82) is 0 Å². The van der Waals surface area contributed by atoms with Crippen molar-refractivity contribution in [2.24, 2.45) is 4.99 Å². The molecule has 1 fully saturated rings. The molecule has 32 heavy (non-hydrogen) atoms. The van der Waals surface area contributed by atoms with Gasteiger partial charge in [0.2, 0.25) is 6.79 Å². The Balaban J connectivity index is 0.00000289.